The first-order valence-electron chi connectivity index (χ1n) is 6.92. The van der Waals surface area contributed by atoms with Gasteiger partial charge < -0.3 is 19.9 Å². The van der Waals surface area contributed by atoms with Crippen molar-refractivity contribution in [1.82, 2.24) is 15.1 Å². The van der Waals surface area contributed by atoms with E-state index in [9.17, 15) is 9.59 Å². The first kappa shape index (κ1) is 14.3. The number of hydrogen-bond donors (Lipinski definition) is 1. The summed E-state index contributed by atoms with van der Waals surface area (Å²) >= 11 is 0. The molecule has 2 atom stereocenters. The van der Waals surface area contributed by atoms with Gasteiger partial charge >= 0.3 is 0 Å². The van der Waals surface area contributed by atoms with E-state index in [0.29, 0.717) is 13.1 Å². The quantitative estimate of drug-likeness (QED) is 0.743. The predicted molar refractivity (Wildman–Crippen MR) is 70.7 cm³/mol. The van der Waals surface area contributed by atoms with Gasteiger partial charge in [0.15, 0.2) is 0 Å². The second kappa shape index (κ2) is 6.34. The number of piperazine rings is 1. The second-order valence-corrected chi connectivity index (χ2v) is 5.42. The second-order valence-electron chi connectivity index (χ2n) is 5.42. The molecule has 2 amide bonds. The summed E-state index contributed by atoms with van der Waals surface area (Å²) in [7, 11) is 3.42. The first-order valence-corrected chi connectivity index (χ1v) is 6.92. The summed E-state index contributed by atoms with van der Waals surface area (Å²) in [5.74, 6) is 0.00164. The van der Waals surface area contributed by atoms with Crippen molar-refractivity contribution in [3.8, 4) is 0 Å². The standard InChI is InChI=1S/C13H23N3O3/c1-15(2)12(17)8-11-13(18)16(6-5-14-11)9-10-4-3-7-19-10/h10-11,14H,3-9H2,1-2H3. The van der Waals surface area contributed by atoms with Crippen LogP contribution in [-0.2, 0) is 14.3 Å². The van der Waals surface area contributed by atoms with Crippen molar-refractivity contribution >= 4 is 11.8 Å². The lowest BCUT2D eigenvalue weighted by Crippen LogP contribution is -2.57. The zero-order valence-corrected chi connectivity index (χ0v) is 11.7. The van der Waals surface area contributed by atoms with E-state index >= 15 is 0 Å². The van der Waals surface area contributed by atoms with E-state index < -0.39 is 0 Å². The number of nitrogens with zero attached hydrogens (tertiary/aromatic N) is 2. The largest absolute Gasteiger partial charge is 0.376 e. The molecule has 0 aromatic carbocycles. The lowest BCUT2D eigenvalue weighted by Gasteiger charge is -2.34. The molecule has 0 aromatic rings. The molecule has 6 heteroatoms. The molecule has 2 heterocycles. The summed E-state index contributed by atoms with van der Waals surface area (Å²) in [4.78, 5) is 27.4. The van der Waals surface area contributed by atoms with Crippen LogP contribution in [0.2, 0.25) is 0 Å². The van der Waals surface area contributed by atoms with Crippen LogP contribution >= 0.6 is 0 Å². The Bertz CT molecular complexity index is 340. The van der Waals surface area contributed by atoms with Crippen LogP contribution in [0, 0.1) is 0 Å². The summed E-state index contributed by atoms with van der Waals surface area (Å²) in [6.07, 6.45) is 2.51. The maximum atomic E-state index is 12.3. The van der Waals surface area contributed by atoms with Gasteiger partial charge in [-0.25, -0.2) is 0 Å². The SMILES string of the molecule is CN(C)C(=O)CC1NCCN(CC2CCCO2)C1=O. The number of carbonyl (C=O) groups excluding carboxylic acids is 2. The highest BCUT2D eigenvalue weighted by atomic mass is 16.5. The molecule has 1 N–H and O–H groups in total. The number of rotatable bonds is 4. The van der Waals surface area contributed by atoms with Crippen LogP contribution < -0.4 is 5.32 Å². The third-order valence-corrected chi connectivity index (χ3v) is 3.71. The average Bonchev–Trinajstić information content (AvgIpc) is 2.87. The Labute approximate surface area is 114 Å². The number of amides is 2. The molecule has 0 radical (unpaired) electrons. The van der Waals surface area contributed by atoms with Crippen molar-refractivity contribution < 1.29 is 14.3 Å². The van der Waals surface area contributed by atoms with Crippen LogP contribution in [0.15, 0.2) is 0 Å². The van der Waals surface area contributed by atoms with Crippen molar-refractivity contribution in [2.75, 3.05) is 40.3 Å². The van der Waals surface area contributed by atoms with Gasteiger partial charge in [0, 0.05) is 40.3 Å². The van der Waals surface area contributed by atoms with Crippen molar-refractivity contribution in [2.45, 2.75) is 31.4 Å². The fraction of sp³-hybridized carbons (Fsp3) is 0.846. The van der Waals surface area contributed by atoms with Gasteiger partial charge in [-0.2, -0.15) is 0 Å². The van der Waals surface area contributed by atoms with Crippen LogP contribution in [-0.4, -0.2) is 74.1 Å². The monoisotopic (exact) mass is 269 g/mol. The Hall–Kier alpha value is -1.14. The summed E-state index contributed by atoms with van der Waals surface area (Å²) in [5, 5.41) is 3.13. The van der Waals surface area contributed by atoms with Crippen molar-refractivity contribution in [3.05, 3.63) is 0 Å². The van der Waals surface area contributed by atoms with E-state index in [1.807, 2.05) is 4.90 Å². The van der Waals surface area contributed by atoms with Crippen molar-refractivity contribution in [2.24, 2.45) is 0 Å². The fourth-order valence-electron chi connectivity index (χ4n) is 2.52. The van der Waals surface area contributed by atoms with Gasteiger partial charge in [-0.05, 0) is 12.8 Å². The van der Waals surface area contributed by atoms with Gasteiger partial charge in [0.1, 0.15) is 0 Å². The molecule has 108 valence electrons. The Morgan fingerprint density at radius 3 is 2.95 bits per heavy atom. The molecule has 0 aromatic heterocycles. The van der Waals surface area contributed by atoms with Crippen LogP contribution in [0.1, 0.15) is 19.3 Å². The molecule has 0 saturated carbocycles. The summed E-state index contributed by atoms with van der Waals surface area (Å²) in [5.41, 5.74) is 0. The highest BCUT2D eigenvalue weighted by Gasteiger charge is 2.32. The Morgan fingerprint density at radius 2 is 2.32 bits per heavy atom. The average molecular weight is 269 g/mol. The highest BCUT2D eigenvalue weighted by Crippen LogP contribution is 2.15. The van der Waals surface area contributed by atoms with Crippen molar-refractivity contribution in [1.29, 1.82) is 0 Å². The number of hydrogen-bond acceptors (Lipinski definition) is 4. The maximum absolute atomic E-state index is 12.3. The minimum absolute atomic E-state index is 0.0233. The maximum Gasteiger partial charge on any atom is 0.240 e. The zero-order chi connectivity index (χ0) is 13.8. The molecule has 6 nitrogen and oxygen atoms in total. The first-order chi connectivity index (χ1) is 9.08. The van der Waals surface area contributed by atoms with Gasteiger partial charge in [-0.3, -0.25) is 9.59 Å². The van der Waals surface area contributed by atoms with Gasteiger partial charge in [0.2, 0.25) is 11.8 Å². The lowest BCUT2D eigenvalue weighted by molar-refractivity contribution is -0.141. The van der Waals surface area contributed by atoms with Gasteiger partial charge in [0.05, 0.1) is 18.6 Å². The molecule has 2 aliphatic rings. The van der Waals surface area contributed by atoms with Crippen LogP contribution in [0.25, 0.3) is 0 Å². The molecule has 19 heavy (non-hydrogen) atoms. The summed E-state index contributed by atoms with van der Waals surface area (Å²) in [6.45, 7) is 2.90. The topological polar surface area (TPSA) is 61.9 Å². The smallest absolute Gasteiger partial charge is 0.240 e. The molecule has 0 aliphatic carbocycles. The Morgan fingerprint density at radius 1 is 1.53 bits per heavy atom. The minimum atomic E-state index is -0.384. The summed E-state index contributed by atoms with van der Waals surface area (Å²) < 4.78 is 5.57. The number of carbonyl (C=O) groups is 2. The molecule has 2 saturated heterocycles. The zero-order valence-electron chi connectivity index (χ0n) is 11.7. The minimum Gasteiger partial charge on any atom is -0.376 e. The Kier molecular flexibility index (Phi) is 4.76. The molecular formula is C13H23N3O3. The molecule has 2 fully saturated rings. The number of ether oxygens (including phenoxy) is 1. The summed E-state index contributed by atoms with van der Waals surface area (Å²) in [6, 6.07) is -0.384. The van der Waals surface area contributed by atoms with Crippen LogP contribution in [0.4, 0.5) is 0 Å². The van der Waals surface area contributed by atoms with Crippen LogP contribution in [0.5, 0.6) is 0 Å². The van der Waals surface area contributed by atoms with E-state index in [-0.39, 0.29) is 30.4 Å². The predicted octanol–water partition coefficient (Wildman–Crippen LogP) is -0.556. The molecule has 2 rings (SSSR count). The fourth-order valence-corrected chi connectivity index (χ4v) is 2.52. The number of nitrogens with one attached hydrogen (secondary N) is 1. The molecule has 0 spiro atoms. The van der Waals surface area contributed by atoms with E-state index in [4.69, 9.17) is 4.74 Å². The molecule has 2 unspecified atom stereocenters. The molecule has 0 bridgehead atoms. The Balaban J connectivity index is 1.88. The van der Waals surface area contributed by atoms with E-state index in [2.05, 4.69) is 5.32 Å². The van der Waals surface area contributed by atoms with Crippen LogP contribution in [0.3, 0.4) is 0 Å². The normalized spacial score (nSPS) is 27.7. The third kappa shape index (κ3) is 3.67. The third-order valence-electron chi connectivity index (χ3n) is 3.71. The molecule has 2 aliphatic heterocycles. The van der Waals surface area contributed by atoms with E-state index in [0.717, 1.165) is 26.0 Å². The van der Waals surface area contributed by atoms with Gasteiger partial charge in [-0.1, -0.05) is 0 Å². The van der Waals surface area contributed by atoms with Gasteiger partial charge in [0.25, 0.3) is 0 Å². The van der Waals surface area contributed by atoms with Gasteiger partial charge in [-0.15, -0.1) is 0 Å². The van der Waals surface area contributed by atoms with Crippen molar-refractivity contribution in [3.63, 3.8) is 0 Å². The van der Waals surface area contributed by atoms with E-state index in [1.54, 1.807) is 14.1 Å². The molecular weight excluding hydrogens is 246 g/mol. The highest BCUT2D eigenvalue weighted by molar-refractivity contribution is 5.88. The lowest BCUT2D eigenvalue weighted by atomic mass is 10.1. The van der Waals surface area contributed by atoms with E-state index in [1.165, 1.54) is 4.90 Å².